The van der Waals surface area contributed by atoms with E-state index in [1.54, 1.807) is 24.3 Å². The van der Waals surface area contributed by atoms with Gasteiger partial charge in [-0.15, -0.1) is 0 Å². The molecule has 0 fully saturated rings. The molecule has 3 aromatic rings. The normalized spacial score (nSPS) is 15.8. The molecule has 0 saturated heterocycles. The van der Waals surface area contributed by atoms with Gasteiger partial charge in [-0.05, 0) is 56.2 Å². The minimum absolute atomic E-state index is 0.285. The van der Waals surface area contributed by atoms with Crippen LogP contribution in [0.1, 0.15) is 24.6 Å². The van der Waals surface area contributed by atoms with Crippen LogP contribution in [-0.4, -0.2) is 30.4 Å². The molecule has 1 aliphatic rings. The van der Waals surface area contributed by atoms with Gasteiger partial charge in [0.1, 0.15) is 0 Å². The van der Waals surface area contributed by atoms with E-state index in [0.717, 1.165) is 6.54 Å². The zero-order valence-electron chi connectivity index (χ0n) is 16.0. The van der Waals surface area contributed by atoms with Crippen molar-refractivity contribution in [3.05, 3.63) is 70.9 Å². The summed E-state index contributed by atoms with van der Waals surface area (Å²) < 4.78 is 29.7. The maximum atomic E-state index is 12.9. The first kappa shape index (κ1) is 19.2. The van der Waals surface area contributed by atoms with E-state index in [0.29, 0.717) is 24.5 Å². The maximum absolute atomic E-state index is 12.9. The standard InChI is InChI=1S/C22H23ClN2O2S/c1-3-25-16(2)22(20-6-4-5-7-21(20)25)17-12-14-24(15-13-17)28(26,27)19-10-8-18(23)9-11-19/h4-12H,3,13-15H2,1-2H3. The molecule has 6 heteroatoms. The number of rotatable bonds is 4. The Balaban J connectivity index is 1.68. The fraction of sp³-hybridized carbons (Fsp3) is 0.273. The Hall–Kier alpha value is -2.08. The molecule has 4 nitrogen and oxygen atoms in total. The largest absolute Gasteiger partial charge is 0.345 e. The monoisotopic (exact) mass is 414 g/mol. The first-order chi connectivity index (χ1) is 13.4. The van der Waals surface area contributed by atoms with Crippen molar-refractivity contribution in [2.75, 3.05) is 13.1 Å². The Morgan fingerprint density at radius 1 is 1.07 bits per heavy atom. The molecule has 0 spiro atoms. The molecule has 0 bridgehead atoms. The molecule has 146 valence electrons. The van der Waals surface area contributed by atoms with Crippen LogP contribution in [0, 0.1) is 6.92 Å². The Morgan fingerprint density at radius 3 is 2.43 bits per heavy atom. The molecule has 1 aromatic heterocycles. The van der Waals surface area contributed by atoms with E-state index < -0.39 is 10.0 Å². The van der Waals surface area contributed by atoms with Crippen molar-refractivity contribution in [3.63, 3.8) is 0 Å². The highest BCUT2D eigenvalue weighted by atomic mass is 35.5. The predicted molar refractivity (Wildman–Crippen MR) is 115 cm³/mol. The molecule has 0 amide bonds. The highest BCUT2D eigenvalue weighted by molar-refractivity contribution is 7.89. The minimum Gasteiger partial charge on any atom is -0.345 e. The van der Waals surface area contributed by atoms with Crippen LogP contribution in [0.5, 0.6) is 0 Å². The second kappa shape index (κ2) is 7.39. The number of aromatic nitrogens is 1. The Kier molecular flexibility index (Phi) is 5.08. The summed E-state index contributed by atoms with van der Waals surface area (Å²) in [6, 6.07) is 14.8. The van der Waals surface area contributed by atoms with Crippen LogP contribution in [0.2, 0.25) is 5.02 Å². The van der Waals surface area contributed by atoms with E-state index >= 15 is 0 Å². The number of hydrogen-bond donors (Lipinski definition) is 0. The van der Waals surface area contributed by atoms with Crippen LogP contribution in [0.3, 0.4) is 0 Å². The number of nitrogens with zero attached hydrogens (tertiary/aromatic N) is 2. The number of hydrogen-bond acceptors (Lipinski definition) is 2. The molecule has 0 atom stereocenters. The fourth-order valence-electron chi connectivity index (χ4n) is 4.10. The van der Waals surface area contributed by atoms with Gasteiger partial charge >= 0.3 is 0 Å². The molecule has 28 heavy (non-hydrogen) atoms. The lowest BCUT2D eigenvalue weighted by molar-refractivity contribution is 0.441. The summed E-state index contributed by atoms with van der Waals surface area (Å²) in [5.74, 6) is 0. The van der Waals surface area contributed by atoms with E-state index in [-0.39, 0.29) is 4.90 Å². The van der Waals surface area contributed by atoms with E-state index in [1.807, 2.05) is 0 Å². The Morgan fingerprint density at radius 2 is 1.79 bits per heavy atom. The summed E-state index contributed by atoms with van der Waals surface area (Å²) in [7, 11) is -3.51. The summed E-state index contributed by atoms with van der Waals surface area (Å²) in [5.41, 5.74) is 4.95. The first-order valence-corrected chi connectivity index (χ1v) is 11.3. The molecule has 2 aromatic carbocycles. The zero-order chi connectivity index (χ0) is 19.9. The third-order valence-electron chi connectivity index (χ3n) is 5.49. The first-order valence-electron chi connectivity index (χ1n) is 9.46. The van der Waals surface area contributed by atoms with E-state index in [2.05, 4.69) is 48.8 Å². The van der Waals surface area contributed by atoms with Crippen molar-refractivity contribution in [1.82, 2.24) is 8.87 Å². The van der Waals surface area contributed by atoms with Crippen LogP contribution < -0.4 is 0 Å². The van der Waals surface area contributed by atoms with Gasteiger partial charge in [-0.1, -0.05) is 35.9 Å². The minimum atomic E-state index is -3.51. The molecule has 1 aliphatic heterocycles. The average molecular weight is 415 g/mol. The number of fused-ring (bicyclic) bond motifs is 1. The van der Waals surface area contributed by atoms with Crippen LogP contribution in [-0.2, 0) is 16.6 Å². The Bertz CT molecular complexity index is 1160. The Labute approximate surface area is 171 Å². The fourth-order valence-corrected chi connectivity index (χ4v) is 5.60. The number of aryl methyl sites for hydroxylation is 1. The third-order valence-corrected chi connectivity index (χ3v) is 7.62. The van der Waals surface area contributed by atoms with Crippen LogP contribution in [0.15, 0.2) is 59.5 Å². The number of benzene rings is 2. The molecule has 0 N–H and O–H groups in total. The maximum Gasteiger partial charge on any atom is 0.243 e. The predicted octanol–water partition coefficient (Wildman–Crippen LogP) is 5.10. The van der Waals surface area contributed by atoms with Gasteiger partial charge in [0.05, 0.1) is 4.90 Å². The average Bonchev–Trinajstić information content (AvgIpc) is 2.99. The van der Waals surface area contributed by atoms with Crippen molar-refractivity contribution >= 4 is 38.1 Å². The molecular weight excluding hydrogens is 392 g/mol. The summed E-state index contributed by atoms with van der Waals surface area (Å²) in [6.07, 6.45) is 2.76. The van der Waals surface area contributed by atoms with Gasteiger partial charge < -0.3 is 4.57 Å². The van der Waals surface area contributed by atoms with E-state index in [9.17, 15) is 8.42 Å². The topological polar surface area (TPSA) is 42.3 Å². The SMILES string of the molecule is CCn1c(C)c(C2=CCN(S(=O)(=O)c3ccc(Cl)cc3)CC2)c2ccccc21. The van der Waals surface area contributed by atoms with Gasteiger partial charge in [0.2, 0.25) is 10.0 Å². The number of halogens is 1. The lowest BCUT2D eigenvalue weighted by Gasteiger charge is -2.26. The van der Waals surface area contributed by atoms with Gasteiger partial charge in [-0.2, -0.15) is 4.31 Å². The van der Waals surface area contributed by atoms with Crippen molar-refractivity contribution in [2.45, 2.75) is 31.7 Å². The van der Waals surface area contributed by atoms with Crippen molar-refractivity contribution in [3.8, 4) is 0 Å². The molecule has 4 rings (SSSR count). The van der Waals surface area contributed by atoms with Crippen molar-refractivity contribution in [2.24, 2.45) is 0 Å². The van der Waals surface area contributed by atoms with Gasteiger partial charge in [-0.3, -0.25) is 0 Å². The number of sulfonamides is 1. The third kappa shape index (κ3) is 3.17. The van der Waals surface area contributed by atoms with Crippen molar-refractivity contribution < 1.29 is 8.42 Å². The highest BCUT2D eigenvalue weighted by Gasteiger charge is 2.27. The lowest BCUT2D eigenvalue weighted by Crippen LogP contribution is -2.34. The smallest absolute Gasteiger partial charge is 0.243 e. The van der Waals surface area contributed by atoms with Gasteiger partial charge in [0, 0.05) is 46.8 Å². The summed E-state index contributed by atoms with van der Waals surface area (Å²) in [5, 5.41) is 1.77. The van der Waals surface area contributed by atoms with Gasteiger partial charge in [0.25, 0.3) is 0 Å². The van der Waals surface area contributed by atoms with Crippen LogP contribution >= 0.6 is 11.6 Å². The molecule has 0 saturated carbocycles. The van der Waals surface area contributed by atoms with E-state index in [1.165, 1.54) is 32.0 Å². The highest BCUT2D eigenvalue weighted by Crippen LogP contribution is 2.35. The summed E-state index contributed by atoms with van der Waals surface area (Å²) in [4.78, 5) is 0.285. The van der Waals surface area contributed by atoms with Gasteiger partial charge in [-0.25, -0.2) is 8.42 Å². The summed E-state index contributed by atoms with van der Waals surface area (Å²) >= 11 is 5.89. The molecular formula is C22H23ClN2O2S. The van der Waals surface area contributed by atoms with Crippen LogP contribution in [0.4, 0.5) is 0 Å². The quantitative estimate of drug-likeness (QED) is 0.595. The summed E-state index contributed by atoms with van der Waals surface area (Å²) in [6.45, 7) is 6.07. The zero-order valence-corrected chi connectivity index (χ0v) is 17.6. The molecule has 0 radical (unpaired) electrons. The lowest BCUT2D eigenvalue weighted by atomic mass is 9.97. The molecule has 0 aliphatic carbocycles. The van der Waals surface area contributed by atoms with Gasteiger partial charge in [0.15, 0.2) is 0 Å². The molecule has 2 heterocycles. The number of para-hydroxylation sites is 1. The second-order valence-corrected chi connectivity index (χ2v) is 9.39. The van der Waals surface area contributed by atoms with E-state index in [4.69, 9.17) is 11.6 Å². The van der Waals surface area contributed by atoms with Crippen molar-refractivity contribution in [1.29, 1.82) is 0 Å². The second-order valence-electron chi connectivity index (χ2n) is 7.02. The van der Waals surface area contributed by atoms with Crippen LogP contribution in [0.25, 0.3) is 16.5 Å². The molecule has 0 unspecified atom stereocenters.